The zero-order chi connectivity index (χ0) is 13.5. The van der Waals surface area contributed by atoms with Gasteiger partial charge < -0.3 is 4.74 Å². The molecule has 0 spiro atoms. The summed E-state index contributed by atoms with van der Waals surface area (Å²) in [5, 5.41) is 0. The minimum absolute atomic E-state index is 0.218. The predicted octanol–water partition coefficient (Wildman–Crippen LogP) is 3.67. The third-order valence-corrected chi connectivity index (χ3v) is 5.66. The van der Waals surface area contributed by atoms with E-state index in [9.17, 15) is 4.79 Å². The minimum Gasteiger partial charge on any atom is -0.383 e. The minimum atomic E-state index is -0.449. The number of carbonyl (C=O) groups is 1. The molecule has 3 aliphatic carbocycles. The van der Waals surface area contributed by atoms with Gasteiger partial charge in [0.25, 0.3) is 0 Å². The van der Waals surface area contributed by atoms with Gasteiger partial charge >= 0.3 is 0 Å². The second-order valence-corrected chi connectivity index (χ2v) is 6.65. The maximum absolute atomic E-state index is 12.8. The Kier molecular flexibility index (Phi) is 3.17. The van der Waals surface area contributed by atoms with Crippen molar-refractivity contribution in [2.75, 3.05) is 13.7 Å². The molecule has 104 valence electrons. The van der Waals surface area contributed by atoms with Crippen molar-refractivity contribution in [3.63, 3.8) is 0 Å². The number of allylic oxidation sites excluding steroid dienone is 2. The lowest BCUT2D eigenvalue weighted by molar-refractivity contribution is -0.134. The van der Waals surface area contributed by atoms with Gasteiger partial charge in [0.15, 0.2) is 0 Å². The maximum Gasteiger partial charge on any atom is 0.149 e. The second kappa shape index (κ2) is 4.59. The van der Waals surface area contributed by atoms with Gasteiger partial charge in [-0.05, 0) is 36.2 Å². The fraction of sp³-hybridized carbons (Fsp3) is 0.706. The Hall–Kier alpha value is -0.890. The van der Waals surface area contributed by atoms with Crippen LogP contribution in [0.1, 0.15) is 45.4 Å². The number of carbonyl (C=O) groups excluding carboxylic acids is 1. The predicted molar refractivity (Wildman–Crippen MR) is 75.8 cm³/mol. The molecule has 0 aromatic carbocycles. The SMILES string of the molecule is COC[C@@]12C=CCC=C1[C@@]1(C)CCCC[C@@H]1CC2=O. The monoisotopic (exact) mass is 260 g/mol. The maximum atomic E-state index is 12.8. The van der Waals surface area contributed by atoms with Gasteiger partial charge in [0.05, 0.1) is 12.0 Å². The molecule has 3 aliphatic rings. The largest absolute Gasteiger partial charge is 0.383 e. The van der Waals surface area contributed by atoms with Crippen molar-refractivity contribution in [2.45, 2.75) is 45.4 Å². The number of methoxy groups -OCH3 is 1. The quantitative estimate of drug-likeness (QED) is 0.708. The first-order chi connectivity index (χ1) is 9.13. The number of ether oxygens (including phenoxy) is 1. The van der Waals surface area contributed by atoms with Crippen LogP contribution in [0.5, 0.6) is 0 Å². The first kappa shape index (κ1) is 13.1. The third-order valence-electron chi connectivity index (χ3n) is 5.66. The smallest absolute Gasteiger partial charge is 0.149 e. The van der Waals surface area contributed by atoms with E-state index in [-0.39, 0.29) is 5.41 Å². The highest BCUT2D eigenvalue weighted by molar-refractivity contribution is 5.92. The van der Waals surface area contributed by atoms with Crippen molar-refractivity contribution in [1.82, 2.24) is 0 Å². The summed E-state index contributed by atoms with van der Waals surface area (Å²) < 4.78 is 5.42. The van der Waals surface area contributed by atoms with Crippen LogP contribution in [-0.2, 0) is 9.53 Å². The second-order valence-electron chi connectivity index (χ2n) is 6.65. The van der Waals surface area contributed by atoms with Crippen LogP contribution < -0.4 is 0 Å². The summed E-state index contributed by atoms with van der Waals surface area (Å²) in [6, 6.07) is 0. The van der Waals surface area contributed by atoms with E-state index in [1.165, 1.54) is 31.3 Å². The summed E-state index contributed by atoms with van der Waals surface area (Å²) in [6.07, 6.45) is 13.3. The van der Waals surface area contributed by atoms with Crippen LogP contribution in [-0.4, -0.2) is 19.5 Å². The number of ketones is 1. The average Bonchev–Trinajstić information content (AvgIpc) is 2.41. The summed E-state index contributed by atoms with van der Waals surface area (Å²) in [5.41, 5.74) is 1.13. The molecule has 0 radical (unpaired) electrons. The van der Waals surface area contributed by atoms with E-state index in [0.29, 0.717) is 18.3 Å². The van der Waals surface area contributed by atoms with Crippen molar-refractivity contribution in [3.8, 4) is 0 Å². The number of hydrogen-bond acceptors (Lipinski definition) is 2. The Balaban J connectivity index is 2.07. The molecule has 0 unspecified atom stereocenters. The summed E-state index contributed by atoms with van der Waals surface area (Å²) >= 11 is 0. The molecule has 0 saturated heterocycles. The van der Waals surface area contributed by atoms with Crippen LogP contribution in [0, 0.1) is 16.7 Å². The lowest BCUT2D eigenvalue weighted by Crippen LogP contribution is -2.52. The number of fused-ring (bicyclic) bond motifs is 3. The third kappa shape index (κ3) is 1.76. The summed E-state index contributed by atoms with van der Waals surface area (Å²) in [6.45, 7) is 2.90. The Labute approximate surface area is 115 Å². The topological polar surface area (TPSA) is 26.3 Å². The first-order valence-corrected chi connectivity index (χ1v) is 7.54. The van der Waals surface area contributed by atoms with Gasteiger partial charge in [-0.15, -0.1) is 0 Å². The average molecular weight is 260 g/mol. The zero-order valence-corrected chi connectivity index (χ0v) is 12.1. The Morgan fingerprint density at radius 3 is 3.05 bits per heavy atom. The van der Waals surface area contributed by atoms with E-state index < -0.39 is 5.41 Å². The van der Waals surface area contributed by atoms with Crippen molar-refractivity contribution in [1.29, 1.82) is 0 Å². The molecule has 2 fully saturated rings. The van der Waals surface area contributed by atoms with E-state index in [4.69, 9.17) is 4.74 Å². The highest BCUT2D eigenvalue weighted by atomic mass is 16.5. The summed E-state index contributed by atoms with van der Waals surface area (Å²) in [4.78, 5) is 12.8. The molecule has 19 heavy (non-hydrogen) atoms. The van der Waals surface area contributed by atoms with Gasteiger partial charge in [-0.3, -0.25) is 4.79 Å². The van der Waals surface area contributed by atoms with Crippen LogP contribution in [0.25, 0.3) is 0 Å². The van der Waals surface area contributed by atoms with E-state index in [1.54, 1.807) is 7.11 Å². The zero-order valence-electron chi connectivity index (χ0n) is 12.1. The lowest BCUT2D eigenvalue weighted by atomic mass is 9.49. The molecule has 0 heterocycles. The Bertz CT molecular complexity index is 448. The molecule has 0 N–H and O–H groups in total. The number of hydrogen-bond donors (Lipinski definition) is 0. The molecule has 3 rings (SSSR count). The van der Waals surface area contributed by atoms with E-state index in [1.807, 2.05) is 0 Å². The van der Waals surface area contributed by atoms with Crippen LogP contribution in [0.3, 0.4) is 0 Å². The van der Waals surface area contributed by atoms with Gasteiger partial charge in [-0.1, -0.05) is 38.0 Å². The van der Waals surface area contributed by atoms with Gasteiger partial charge in [-0.25, -0.2) is 0 Å². The van der Waals surface area contributed by atoms with Crippen LogP contribution in [0.15, 0.2) is 23.8 Å². The Morgan fingerprint density at radius 2 is 2.26 bits per heavy atom. The molecule has 0 bridgehead atoms. The Morgan fingerprint density at radius 1 is 1.42 bits per heavy atom. The molecule has 0 aliphatic heterocycles. The van der Waals surface area contributed by atoms with Crippen LogP contribution >= 0.6 is 0 Å². The molecule has 3 atom stereocenters. The van der Waals surface area contributed by atoms with Gasteiger partial charge in [0.2, 0.25) is 0 Å². The van der Waals surface area contributed by atoms with Gasteiger partial charge in [-0.2, -0.15) is 0 Å². The number of rotatable bonds is 2. The molecule has 2 heteroatoms. The van der Waals surface area contributed by atoms with E-state index in [0.717, 1.165) is 12.8 Å². The normalized spacial score (nSPS) is 41.5. The van der Waals surface area contributed by atoms with E-state index in [2.05, 4.69) is 25.2 Å². The molecule has 0 aromatic rings. The molecule has 0 amide bonds. The standard InChI is InChI=1S/C17H24O2/c1-16-9-5-3-7-13(16)11-15(18)17(12-19-2)10-6-4-8-14(16)17/h6,8,10,13H,3-5,7,9,11-12H2,1-2H3/t13-,16+,17+/m1/s1. The lowest BCUT2D eigenvalue weighted by Gasteiger charge is -2.54. The van der Waals surface area contributed by atoms with Crippen molar-refractivity contribution >= 4 is 5.78 Å². The fourth-order valence-corrected chi connectivity index (χ4v) is 4.64. The van der Waals surface area contributed by atoms with Crippen molar-refractivity contribution < 1.29 is 9.53 Å². The summed E-state index contributed by atoms with van der Waals surface area (Å²) in [5.74, 6) is 0.928. The highest BCUT2D eigenvalue weighted by Crippen LogP contribution is 2.59. The van der Waals surface area contributed by atoms with Gasteiger partial charge in [0, 0.05) is 13.5 Å². The fourth-order valence-electron chi connectivity index (χ4n) is 4.64. The van der Waals surface area contributed by atoms with Gasteiger partial charge in [0.1, 0.15) is 5.78 Å². The van der Waals surface area contributed by atoms with Crippen LogP contribution in [0.4, 0.5) is 0 Å². The van der Waals surface area contributed by atoms with E-state index >= 15 is 0 Å². The van der Waals surface area contributed by atoms with Crippen molar-refractivity contribution in [2.24, 2.45) is 16.7 Å². The molecular weight excluding hydrogens is 236 g/mol. The molecular formula is C17H24O2. The highest BCUT2D eigenvalue weighted by Gasteiger charge is 2.55. The molecule has 0 aromatic heterocycles. The first-order valence-electron chi connectivity index (χ1n) is 7.54. The molecule has 2 saturated carbocycles. The van der Waals surface area contributed by atoms with Crippen molar-refractivity contribution in [3.05, 3.63) is 23.8 Å². The number of Topliss-reactive ketones (excluding diaryl/α,β-unsaturated/α-hetero) is 1. The summed E-state index contributed by atoms with van der Waals surface area (Å²) in [7, 11) is 1.71. The molecule has 2 nitrogen and oxygen atoms in total. The van der Waals surface area contributed by atoms with Crippen LogP contribution in [0.2, 0.25) is 0 Å².